The van der Waals surface area contributed by atoms with Crippen molar-refractivity contribution in [1.82, 2.24) is 24.8 Å². The van der Waals surface area contributed by atoms with Gasteiger partial charge in [-0.1, -0.05) is 0 Å². The van der Waals surface area contributed by atoms with E-state index in [4.69, 9.17) is 16.6 Å². The average molecular weight is 470 g/mol. The Hall–Kier alpha value is -2.71. The summed E-state index contributed by atoms with van der Waals surface area (Å²) in [5, 5.41) is 6.65. The van der Waals surface area contributed by atoms with Crippen LogP contribution in [0.5, 0.6) is 0 Å². The van der Waals surface area contributed by atoms with Gasteiger partial charge in [0.05, 0.1) is 5.69 Å². The van der Waals surface area contributed by atoms with E-state index in [0.29, 0.717) is 17.4 Å². The van der Waals surface area contributed by atoms with Crippen LogP contribution in [0.4, 0.5) is 16.0 Å². The van der Waals surface area contributed by atoms with Crippen molar-refractivity contribution in [1.29, 1.82) is 0 Å². The van der Waals surface area contributed by atoms with Gasteiger partial charge in [-0.2, -0.15) is 0 Å². The molecule has 0 radical (unpaired) electrons. The van der Waals surface area contributed by atoms with Gasteiger partial charge in [0.15, 0.2) is 0 Å². The molecule has 0 atom stereocenters. The van der Waals surface area contributed by atoms with Crippen LogP contribution in [0.3, 0.4) is 0 Å². The molecule has 2 aromatic heterocycles. The van der Waals surface area contributed by atoms with E-state index in [0.717, 1.165) is 74.3 Å². The summed E-state index contributed by atoms with van der Waals surface area (Å²) in [6.45, 7) is 6.61. The number of rotatable bonds is 6. The SMILES string of the molecule is CNc1cc(N2CCC(c3nc(-c4ccc(F)c(C)c4)cn3CC3CNC3)CC2)nc(Cl)n1. The zero-order chi connectivity index (χ0) is 22.9. The Kier molecular flexibility index (Phi) is 6.21. The van der Waals surface area contributed by atoms with Crippen molar-refractivity contribution in [2.45, 2.75) is 32.2 Å². The number of nitrogens with zero attached hydrogens (tertiary/aromatic N) is 5. The van der Waals surface area contributed by atoms with E-state index in [2.05, 4.69) is 36.3 Å². The maximum absolute atomic E-state index is 13.8. The van der Waals surface area contributed by atoms with Crippen LogP contribution < -0.4 is 15.5 Å². The monoisotopic (exact) mass is 469 g/mol. The molecule has 2 aliphatic rings. The standard InChI is InChI=1S/C24H29ClFN7/c1-15-9-18(3-4-19(15)26)20-14-33(13-16-11-28-12-16)23(29-20)17-5-7-32(8-6-17)22-10-21(27-2)30-24(25)31-22/h3-4,9-10,14,16-17,28H,5-8,11-13H2,1-2H3,(H,27,30,31). The first kappa shape index (κ1) is 22.1. The van der Waals surface area contributed by atoms with Gasteiger partial charge in [-0.05, 0) is 55.1 Å². The highest BCUT2D eigenvalue weighted by molar-refractivity contribution is 6.28. The minimum atomic E-state index is -0.183. The van der Waals surface area contributed by atoms with Crippen molar-refractivity contribution in [2.75, 3.05) is 43.4 Å². The van der Waals surface area contributed by atoms with E-state index < -0.39 is 0 Å². The predicted molar refractivity (Wildman–Crippen MR) is 129 cm³/mol. The Morgan fingerprint density at radius 3 is 2.61 bits per heavy atom. The van der Waals surface area contributed by atoms with Crippen LogP contribution in [0.15, 0.2) is 30.5 Å². The molecule has 33 heavy (non-hydrogen) atoms. The fourth-order valence-corrected chi connectivity index (χ4v) is 4.84. The molecule has 2 fully saturated rings. The molecule has 3 aromatic rings. The molecule has 2 saturated heterocycles. The molecule has 0 unspecified atom stereocenters. The van der Waals surface area contributed by atoms with Crippen molar-refractivity contribution in [3.05, 3.63) is 53.0 Å². The summed E-state index contributed by atoms with van der Waals surface area (Å²) in [5.74, 6) is 3.52. The summed E-state index contributed by atoms with van der Waals surface area (Å²) < 4.78 is 16.1. The maximum atomic E-state index is 13.8. The Morgan fingerprint density at radius 2 is 1.94 bits per heavy atom. The summed E-state index contributed by atoms with van der Waals surface area (Å²) in [5.41, 5.74) is 2.53. The van der Waals surface area contributed by atoms with Gasteiger partial charge < -0.3 is 20.1 Å². The number of anilines is 2. The van der Waals surface area contributed by atoms with Crippen molar-refractivity contribution >= 4 is 23.2 Å². The highest BCUT2D eigenvalue weighted by atomic mass is 35.5. The number of aryl methyl sites for hydroxylation is 1. The summed E-state index contributed by atoms with van der Waals surface area (Å²) in [7, 11) is 1.83. The molecule has 2 aliphatic heterocycles. The predicted octanol–water partition coefficient (Wildman–Crippen LogP) is 4.09. The number of hydrogen-bond donors (Lipinski definition) is 2. The molecule has 0 saturated carbocycles. The Balaban J connectivity index is 1.37. The lowest BCUT2D eigenvalue weighted by Crippen LogP contribution is -2.44. The molecule has 0 aliphatic carbocycles. The smallest absolute Gasteiger partial charge is 0.226 e. The van der Waals surface area contributed by atoms with E-state index >= 15 is 0 Å². The first-order valence-corrected chi connectivity index (χ1v) is 11.9. The van der Waals surface area contributed by atoms with E-state index in [1.54, 1.807) is 6.92 Å². The second-order valence-electron chi connectivity index (χ2n) is 9.02. The zero-order valence-electron chi connectivity index (χ0n) is 19.0. The normalized spacial score (nSPS) is 17.3. The zero-order valence-corrected chi connectivity index (χ0v) is 19.7. The number of halogens is 2. The second-order valence-corrected chi connectivity index (χ2v) is 9.35. The number of benzene rings is 1. The molecule has 5 rings (SSSR count). The van der Waals surface area contributed by atoms with Crippen LogP contribution in [0.1, 0.15) is 30.1 Å². The Morgan fingerprint density at radius 1 is 1.15 bits per heavy atom. The van der Waals surface area contributed by atoms with Crippen LogP contribution in [-0.2, 0) is 6.54 Å². The minimum absolute atomic E-state index is 0.183. The molecule has 0 amide bonds. The highest BCUT2D eigenvalue weighted by Crippen LogP contribution is 2.33. The lowest BCUT2D eigenvalue weighted by molar-refractivity contribution is 0.299. The van der Waals surface area contributed by atoms with Gasteiger partial charge in [0, 0.05) is 69.4 Å². The van der Waals surface area contributed by atoms with Gasteiger partial charge in [-0.25, -0.2) is 19.3 Å². The second kappa shape index (κ2) is 9.27. The summed E-state index contributed by atoms with van der Waals surface area (Å²) >= 11 is 6.11. The van der Waals surface area contributed by atoms with Gasteiger partial charge in [0.2, 0.25) is 5.28 Å². The molecule has 7 nitrogen and oxygen atoms in total. The third kappa shape index (κ3) is 4.68. The molecular formula is C24H29ClFN7. The average Bonchev–Trinajstić information content (AvgIpc) is 3.22. The van der Waals surface area contributed by atoms with Crippen LogP contribution in [0.25, 0.3) is 11.3 Å². The van der Waals surface area contributed by atoms with Gasteiger partial charge in [-0.3, -0.25) is 0 Å². The number of aromatic nitrogens is 4. The molecule has 4 heterocycles. The third-order valence-electron chi connectivity index (χ3n) is 6.71. The van der Waals surface area contributed by atoms with Crippen LogP contribution >= 0.6 is 11.6 Å². The first-order valence-electron chi connectivity index (χ1n) is 11.5. The summed E-state index contributed by atoms with van der Waals surface area (Å²) in [6.07, 6.45) is 4.12. The van der Waals surface area contributed by atoms with Crippen molar-refractivity contribution in [3.63, 3.8) is 0 Å². The molecule has 174 valence electrons. The van der Waals surface area contributed by atoms with E-state index in [9.17, 15) is 4.39 Å². The van der Waals surface area contributed by atoms with Gasteiger partial charge in [0.25, 0.3) is 0 Å². The lowest BCUT2D eigenvalue weighted by Gasteiger charge is -2.34. The van der Waals surface area contributed by atoms with Crippen LogP contribution in [0, 0.1) is 18.7 Å². The van der Waals surface area contributed by atoms with E-state index in [-0.39, 0.29) is 11.1 Å². The largest absolute Gasteiger partial charge is 0.373 e. The number of imidazole rings is 1. The molecule has 1 aromatic carbocycles. The molecular weight excluding hydrogens is 441 g/mol. The molecule has 9 heteroatoms. The van der Waals surface area contributed by atoms with Crippen molar-refractivity contribution in [3.8, 4) is 11.3 Å². The maximum Gasteiger partial charge on any atom is 0.226 e. The van der Waals surface area contributed by atoms with Crippen molar-refractivity contribution < 1.29 is 4.39 Å². The molecule has 2 N–H and O–H groups in total. The number of piperidine rings is 1. The van der Waals surface area contributed by atoms with Crippen LogP contribution in [-0.4, -0.2) is 52.7 Å². The van der Waals surface area contributed by atoms with Crippen LogP contribution in [0.2, 0.25) is 5.28 Å². The Bertz CT molecular complexity index is 1140. The van der Waals surface area contributed by atoms with Crippen molar-refractivity contribution in [2.24, 2.45) is 5.92 Å². The molecule has 0 spiro atoms. The lowest BCUT2D eigenvalue weighted by atomic mass is 9.95. The van der Waals surface area contributed by atoms with Gasteiger partial charge in [0.1, 0.15) is 23.3 Å². The topological polar surface area (TPSA) is 70.9 Å². The summed E-state index contributed by atoms with van der Waals surface area (Å²) in [4.78, 5) is 15.9. The minimum Gasteiger partial charge on any atom is -0.373 e. The Labute approximate surface area is 198 Å². The van der Waals surface area contributed by atoms with E-state index in [1.165, 1.54) is 6.07 Å². The fourth-order valence-electron chi connectivity index (χ4n) is 4.66. The summed E-state index contributed by atoms with van der Waals surface area (Å²) in [6, 6.07) is 7.18. The number of nitrogens with one attached hydrogen (secondary N) is 2. The van der Waals surface area contributed by atoms with Gasteiger partial charge >= 0.3 is 0 Å². The quantitative estimate of drug-likeness (QED) is 0.530. The number of hydrogen-bond acceptors (Lipinski definition) is 6. The van der Waals surface area contributed by atoms with E-state index in [1.807, 2.05) is 25.2 Å². The third-order valence-corrected chi connectivity index (χ3v) is 6.88. The molecule has 0 bridgehead atoms. The fraction of sp³-hybridized carbons (Fsp3) is 0.458. The van der Waals surface area contributed by atoms with Gasteiger partial charge in [-0.15, -0.1) is 0 Å². The first-order chi connectivity index (χ1) is 16.0. The highest BCUT2D eigenvalue weighted by Gasteiger charge is 2.28.